The average molecular weight is 293 g/mol. The molecule has 1 aromatic carbocycles. The molecule has 0 bridgehead atoms. The van der Waals surface area contributed by atoms with Crippen LogP contribution in [0.1, 0.15) is 22.3 Å². The Morgan fingerprint density at radius 3 is 2.81 bits per heavy atom. The van der Waals surface area contributed by atoms with Crippen LogP contribution in [0, 0.1) is 6.92 Å². The highest BCUT2D eigenvalue weighted by molar-refractivity contribution is 5.95. The Kier molecular flexibility index (Phi) is 4.21. The van der Waals surface area contributed by atoms with Crippen molar-refractivity contribution in [3.05, 3.63) is 23.3 Å². The molecular formula is C14H19N3O4. The Morgan fingerprint density at radius 2 is 2.19 bits per heavy atom. The fraction of sp³-hybridized carbons (Fsp3) is 0.429. The topological polar surface area (TPSA) is 105 Å². The van der Waals surface area contributed by atoms with Crippen molar-refractivity contribution in [3.8, 4) is 0 Å². The number of carboxylic acid groups (broad SMARTS) is 1. The Hall–Kier alpha value is -2.44. The van der Waals surface area contributed by atoms with Gasteiger partial charge in [-0.2, -0.15) is 0 Å². The maximum absolute atomic E-state index is 11.2. The van der Waals surface area contributed by atoms with Crippen molar-refractivity contribution in [1.82, 2.24) is 5.32 Å². The zero-order chi connectivity index (χ0) is 15.6. The van der Waals surface area contributed by atoms with Crippen LogP contribution in [0.2, 0.25) is 0 Å². The molecule has 1 aliphatic heterocycles. The molecule has 1 aromatic rings. The van der Waals surface area contributed by atoms with Crippen LogP contribution in [0.15, 0.2) is 12.1 Å². The van der Waals surface area contributed by atoms with Crippen LogP contribution < -0.4 is 16.0 Å². The van der Waals surface area contributed by atoms with Crippen LogP contribution in [0.3, 0.4) is 0 Å². The van der Waals surface area contributed by atoms with E-state index < -0.39 is 12.1 Å². The van der Waals surface area contributed by atoms with E-state index in [0.29, 0.717) is 6.54 Å². The number of hydrogen-bond donors (Lipinski definition) is 3. The smallest absolute Gasteiger partial charge is 0.407 e. The third-order valence-corrected chi connectivity index (χ3v) is 3.66. The van der Waals surface area contributed by atoms with Crippen LogP contribution in [0.25, 0.3) is 0 Å². The molecule has 1 aliphatic rings. The number of nitrogens with two attached hydrogens (primary N) is 1. The molecule has 1 fully saturated rings. The van der Waals surface area contributed by atoms with Crippen LogP contribution in [-0.2, 0) is 4.74 Å². The number of alkyl carbamates (subject to hydrolysis) is 1. The number of nitrogen functional groups attached to an aromatic ring is 1. The molecule has 4 N–H and O–H groups in total. The zero-order valence-electron chi connectivity index (χ0n) is 12.0. The van der Waals surface area contributed by atoms with E-state index in [4.69, 9.17) is 5.73 Å². The van der Waals surface area contributed by atoms with E-state index in [-0.39, 0.29) is 17.3 Å². The SMILES string of the molecule is COC(=O)NC1CCN(c2cc(C)c(N)c(C(=O)O)c2)C1. The molecule has 1 atom stereocenters. The number of benzene rings is 1. The molecule has 1 heterocycles. The molecule has 7 nitrogen and oxygen atoms in total. The summed E-state index contributed by atoms with van der Waals surface area (Å²) in [7, 11) is 1.32. The molecule has 114 valence electrons. The minimum absolute atomic E-state index is 0.0106. The Morgan fingerprint density at radius 1 is 1.48 bits per heavy atom. The number of methoxy groups -OCH3 is 1. The minimum Gasteiger partial charge on any atom is -0.478 e. The van der Waals surface area contributed by atoms with Crippen LogP contribution in [0.5, 0.6) is 0 Å². The van der Waals surface area contributed by atoms with Crippen molar-refractivity contribution in [2.45, 2.75) is 19.4 Å². The molecule has 1 amide bonds. The summed E-state index contributed by atoms with van der Waals surface area (Å²) < 4.78 is 4.58. The number of nitrogens with one attached hydrogen (secondary N) is 1. The van der Waals surface area contributed by atoms with Crippen molar-refractivity contribution < 1.29 is 19.4 Å². The molecule has 1 unspecified atom stereocenters. The molecule has 0 saturated carbocycles. The first-order valence-corrected chi connectivity index (χ1v) is 6.65. The number of carboxylic acids is 1. The molecule has 0 spiro atoms. The van der Waals surface area contributed by atoms with Crippen molar-refractivity contribution in [2.24, 2.45) is 0 Å². The summed E-state index contributed by atoms with van der Waals surface area (Å²) >= 11 is 0. The summed E-state index contributed by atoms with van der Waals surface area (Å²) in [5, 5.41) is 11.9. The fourth-order valence-corrected chi connectivity index (χ4v) is 2.48. The van der Waals surface area contributed by atoms with Gasteiger partial charge in [-0.25, -0.2) is 9.59 Å². The quantitative estimate of drug-likeness (QED) is 0.723. The number of carbonyl (C=O) groups excluding carboxylic acids is 1. The fourth-order valence-electron chi connectivity index (χ4n) is 2.48. The molecular weight excluding hydrogens is 274 g/mol. The van der Waals surface area contributed by atoms with Crippen molar-refractivity contribution in [2.75, 3.05) is 30.8 Å². The minimum atomic E-state index is -1.04. The number of anilines is 2. The number of hydrogen-bond acceptors (Lipinski definition) is 5. The molecule has 2 rings (SSSR count). The van der Waals surface area contributed by atoms with Gasteiger partial charge in [-0.1, -0.05) is 0 Å². The van der Waals surface area contributed by atoms with Crippen LogP contribution >= 0.6 is 0 Å². The third-order valence-electron chi connectivity index (χ3n) is 3.66. The highest BCUT2D eigenvalue weighted by Gasteiger charge is 2.25. The van der Waals surface area contributed by atoms with E-state index >= 15 is 0 Å². The van der Waals surface area contributed by atoms with Crippen LogP contribution in [-0.4, -0.2) is 43.4 Å². The first kappa shape index (κ1) is 15.0. The Labute approximate surface area is 122 Å². The predicted molar refractivity (Wildman–Crippen MR) is 78.7 cm³/mol. The van der Waals surface area contributed by atoms with Gasteiger partial charge in [-0.3, -0.25) is 0 Å². The number of ether oxygens (including phenoxy) is 1. The van der Waals surface area contributed by atoms with Gasteiger partial charge in [0.25, 0.3) is 0 Å². The first-order chi connectivity index (χ1) is 9.92. The van der Waals surface area contributed by atoms with E-state index in [1.54, 1.807) is 13.0 Å². The Balaban J connectivity index is 2.16. The highest BCUT2D eigenvalue weighted by atomic mass is 16.5. The van der Waals surface area contributed by atoms with Crippen molar-refractivity contribution in [1.29, 1.82) is 0 Å². The summed E-state index contributed by atoms with van der Waals surface area (Å²) in [6.45, 7) is 3.13. The van der Waals surface area contributed by atoms with E-state index in [9.17, 15) is 14.7 Å². The largest absolute Gasteiger partial charge is 0.478 e. The summed E-state index contributed by atoms with van der Waals surface area (Å²) in [4.78, 5) is 24.5. The van der Waals surface area contributed by atoms with E-state index in [1.165, 1.54) is 7.11 Å². The van der Waals surface area contributed by atoms with E-state index in [2.05, 4.69) is 10.1 Å². The van der Waals surface area contributed by atoms with E-state index in [1.807, 2.05) is 11.0 Å². The lowest BCUT2D eigenvalue weighted by molar-refractivity contribution is 0.0698. The summed E-state index contributed by atoms with van der Waals surface area (Å²) in [6, 6.07) is 3.43. The zero-order valence-corrected chi connectivity index (χ0v) is 12.0. The lowest BCUT2D eigenvalue weighted by Gasteiger charge is -2.21. The molecule has 21 heavy (non-hydrogen) atoms. The molecule has 0 radical (unpaired) electrons. The Bertz CT molecular complexity index is 574. The summed E-state index contributed by atoms with van der Waals surface area (Å²) in [6.07, 6.45) is 0.322. The average Bonchev–Trinajstić information content (AvgIpc) is 2.89. The molecule has 1 saturated heterocycles. The van der Waals surface area contributed by atoms with Gasteiger partial charge >= 0.3 is 12.1 Å². The van der Waals surface area contributed by atoms with Crippen molar-refractivity contribution >= 4 is 23.4 Å². The number of amides is 1. The third kappa shape index (κ3) is 3.18. The summed E-state index contributed by atoms with van der Waals surface area (Å²) in [5.41, 5.74) is 7.71. The predicted octanol–water partition coefficient (Wildman–Crippen LogP) is 1.21. The van der Waals surface area contributed by atoms with Gasteiger partial charge < -0.3 is 25.8 Å². The first-order valence-electron chi connectivity index (χ1n) is 6.65. The van der Waals surface area contributed by atoms with Crippen LogP contribution in [0.4, 0.5) is 16.2 Å². The maximum atomic E-state index is 11.2. The second-order valence-electron chi connectivity index (χ2n) is 5.10. The summed E-state index contributed by atoms with van der Waals surface area (Å²) in [5.74, 6) is -1.04. The number of nitrogens with zero attached hydrogens (tertiary/aromatic N) is 1. The van der Waals surface area contributed by atoms with Gasteiger partial charge in [0, 0.05) is 24.5 Å². The van der Waals surface area contributed by atoms with E-state index in [0.717, 1.165) is 24.2 Å². The second kappa shape index (κ2) is 5.90. The van der Waals surface area contributed by atoms with Gasteiger partial charge in [-0.05, 0) is 31.0 Å². The maximum Gasteiger partial charge on any atom is 0.407 e. The molecule has 0 aliphatic carbocycles. The van der Waals surface area contributed by atoms with Gasteiger partial charge in [-0.15, -0.1) is 0 Å². The monoisotopic (exact) mass is 293 g/mol. The number of carbonyl (C=O) groups is 2. The van der Waals surface area contributed by atoms with Gasteiger partial charge in [0.1, 0.15) is 0 Å². The van der Waals surface area contributed by atoms with Gasteiger partial charge in [0.15, 0.2) is 0 Å². The van der Waals surface area contributed by atoms with Crippen molar-refractivity contribution in [3.63, 3.8) is 0 Å². The number of aryl methyl sites for hydroxylation is 1. The lowest BCUT2D eigenvalue weighted by atomic mass is 10.1. The normalized spacial score (nSPS) is 17.6. The highest BCUT2D eigenvalue weighted by Crippen LogP contribution is 2.28. The number of aromatic carboxylic acids is 1. The number of rotatable bonds is 3. The molecule has 0 aromatic heterocycles. The standard InChI is InChI=1S/C14H19N3O4/c1-8-5-10(6-11(12(8)15)13(18)19)17-4-3-9(7-17)16-14(20)21-2/h5-6,9H,3-4,7,15H2,1-2H3,(H,16,20)(H,18,19). The van der Waals surface area contributed by atoms with Gasteiger partial charge in [0.2, 0.25) is 0 Å². The second-order valence-corrected chi connectivity index (χ2v) is 5.10. The molecule has 7 heteroatoms. The lowest BCUT2D eigenvalue weighted by Crippen LogP contribution is -2.37. The van der Waals surface area contributed by atoms with Gasteiger partial charge in [0.05, 0.1) is 18.7 Å².